The first-order chi connectivity index (χ1) is 23.6. The van der Waals surface area contributed by atoms with Crippen molar-refractivity contribution in [1.82, 2.24) is 9.97 Å². The van der Waals surface area contributed by atoms with Gasteiger partial charge in [-0.3, -0.25) is 9.78 Å². The van der Waals surface area contributed by atoms with Crippen LogP contribution in [0.5, 0.6) is 0 Å². The average molecular weight is 882 g/mol. The van der Waals surface area contributed by atoms with Crippen molar-refractivity contribution in [1.29, 1.82) is 0 Å². The molecule has 5 aromatic rings. The van der Waals surface area contributed by atoms with Gasteiger partial charge in [0.1, 0.15) is 12.1 Å². The minimum absolute atomic E-state index is 0. The summed E-state index contributed by atoms with van der Waals surface area (Å²) in [5.74, 6) is 0.940. The van der Waals surface area contributed by atoms with E-state index in [1.807, 2.05) is 41.5 Å². The van der Waals surface area contributed by atoms with Crippen molar-refractivity contribution in [3.05, 3.63) is 96.0 Å². The smallest absolute Gasteiger partial charge is 0.164 e. The number of nitrogens with zero attached hydrogens (tertiary/aromatic N) is 2. The second-order valence-electron chi connectivity index (χ2n) is 15.7. The summed E-state index contributed by atoms with van der Waals surface area (Å²) in [7, 11) is 0. The summed E-state index contributed by atoms with van der Waals surface area (Å²) in [6.07, 6.45) is 7.54. The van der Waals surface area contributed by atoms with E-state index in [1.165, 1.54) is 37.6 Å². The van der Waals surface area contributed by atoms with Gasteiger partial charge in [0.05, 0.1) is 10.6 Å². The van der Waals surface area contributed by atoms with Crippen LogP contribution in [0.2, 0.25) is 0 Å². The zero-order valence-corrected chi connectivity index (χ0v) is 35.7. The van der Waals surface area contributed by atoms with E-state index in [0.29, 0.717) is 5.92 Å². The van der Waals surface area contributed by atoms with Gasteiger partial charge in [-0.1, -0.05) is 117 Å². The zero-order valence-electron chi connectivity index (χ0n) is 32.5. The molecule has 4 nitrogen and oxygen atoms in total. The third-order valence-corrected chi connectivity index (χ3v) is 11.7. The van der Waals surface area contributed by atoms with E-state index in [4.69, 9.17) is 0 Å². The Kier molecular flexibility index (Phi) is 14.5. The Hall–Kier alpha value is -3.18. The molecule has 2 aromatic heterocycles. The predicted octanol–water partition coefficient (Wildman–Crippen LogP) is 13.1. The van der Waals surface area contributed by atoms with Crippen LogP contribution in [0, 0.1) is 22.8 Å². The molecule has 1 radical (unpaired) electrons. The van der Waals surface area contributed by atoms with Crippen molar-refractivity contribution in [3.63, 3.8) is 0 Å². The number of thiophene rings is 1. The zero-order chi connectivity index (χ0) is 36.9. The molecule has 0 spiro atoms. The average Bonchev–Trinajstić information content (AvgIpc) is 3.53. The first-order valence-electron chi connectivity index (χ1n) is 18.3. The molecule has 0 aliphatic rings. The Morgan fingerprint density at radius 2 is 1.47 bits per heavy atom. The summed E-state index contributed by atoms with van der Waals surface area (Å²) in [4.78, 5) is 22.6. The maximum Gasteiger partial charge on any atom is 0.164 e. The van der Waals surface area contributed by atoms with Gasteiger partial charge in [0.25, 0.3) is 0 Å². The Bertz CT molecular complexity index is 1960. The van der Waals surface area contributed by atoms with E-state index < -0.39 is 0 Å². The van der Waals surface area contributed by atoms with E-state index in [1.54, 1.807) is 17.7 Å². The molecule has 0 bridgehead atoms. The summed E-state index contributed by atoms with van der Waals surface area (Å²) >= 11 is 1.79. The summed E-state index contributed by atoms with van der Waals surface area (Å²) < 4.78 is 1.30. The molecule has 0 fully saturated rings. The molecular weight excluding hydrogens is 825 g/mol. The van der Waals surface area contributed by atoms with Crippen LogP contribution in [0.25, 0.3) is 42.7 Å². The number of benzene rings is 3. The largest absolute Gasteiger partial charge is 0.512 e. The number of allylic oxidation sites excluding steroid dienone is 2. The van der Waals surface area contributed by atoms with E-state index in [2.05, 4.69) is 111 Å². The minimum atomic E-state index is -0.337. The quantitative estimate of drug-likeness (QED) is 0.0815. The number of hydrogen-bond acceptors (Lipinski definition) is 5. The molecule has 0 amide bonds. The summed E-state index contributed by atoms with van der Waals surface area (Å²) in [5, 5.41) is 13.8. The fourth-order valence-electron chi connectivity index (χ4n) is 6.13. The molecule has 0 atom stereocenters. The second-order valence-corrected chi connectivity index (χ2v) is 16.8. The fourth-order valence-corrected chi connectivity index (χ4v) is 7.14. The summed E-state index contributed by atoms with van der Waals surface area (Å²) in [6.45, 7) is 23.4. The van der Waals surface area contributed by atoms with Gasteiger partial charge in [0.15, 0.2) is 5.78 Å². The minimum Gasteiger partial charge on any atom is -0.512 e. The summed E-state index contributed by atoms with van der Waals surface area (Å²) in [5.41, 5.74) is 5.02. The molecule has 3 aromatic carbocycles. The van der Waals surface area contributed by atoms with Crippen molar-refractivity contribution in [3.8, 4) is 21.8 Å². The van der Waals surface area contributed by atoms with Crippen molar-refractivity contribution < 1.29 is 30.0 Å². The van der Waals surface area contributed by atoms with E-state index in [9.17, 15) is 9.90 Å². The van der Waals surface area contributed by atoms with Gasteiger partial charge in [0, 0.05) is 47.4 Å². The molecule has 0 aliphatic carbocycles. The monoisotopic (exact) mass is 882 g/mol. The van der Waals surface area contributed by atoms with Gasteiger partial charge in [-0.25, -0.2) is 4.98 Å². The number of fused-ring (bicyclic) bond motifs is 2. The normalized spacial score (nSPS) is 12.5. The third-order valence-electron chi connectivity index (χ3n) is 10.6. The van der Waals surface area contributed by atoms with E-state index >= 15 is 0 Å². The van der Waals surface area contributed by atoms with Crippen molar-refractivity contribution in [2.45, 2.75) is 114 Å². The number of carbonyl (C=O) groups is 1. The number of carbonyl (C=O) groups excluding carboxylic acids is 1. The van der Waals surface area contributed by atoms with Gasteiger partial charge in [-0.15, -0.1) is 40.5 Å². The van der Waals surface area contributed by atoms with Gasteiger partial charge in [-0.05, 0) is 72.6 Å². The van der Waals surface area contributed by atoms with E-state index in [0.717, 1.165) is 54.4 Å². The Morgan fingerprint density at radius 1 is 0.843 bits per heavy atom. The number of aliphatic hydroxyl groups excluding tert-OH is 1. The molecule has 51 heavy (non-hydrogen) atoms. The van der Waals surface area contributed by atoms with Crippen LogP contribution in [0.1, 0.15) is 113 Å². The first kappa shape index (κ1) is 42.2. The molecule has 0 unspecified atom stereocenters. The molecule has 2 heterocycles. The standard InChI is InChI=1S/C30H29N2S.C15H28O2.Ir/c1-19(2)12-20-10-11-28-23(13-20)16-29(33-28)27-17-26(31-18-32-27)22-14-21-8-6-7-9-24(21)25(15-22)30(3,4)5;1-7-14(5,8-2)12(16)11-13(17)15(6,9-3)10-4;/h6-11,13,15-19H,12H2,1-5H3;11,16H,7-10H2,1-6H3;/q-1;;/b;12-11-;. The maximum atomic E-state index is 12.2. The molecule has 5 rings (SSSR count). The molecule has 275 valence electrons. The molecule has 0 saturated carbocycles. The molecule has 0 aliphatic heterocycles. The Morgan fingerprint density at radius 3 is 2.08 bits per heavy atom. The third kappa shape index (κ3) is 10.0. The first-order valence-corrected chi connectivity index (χ1v) is 19.2. The number of aliphatic hydroxyl groups is 1. The van der Waals surface area contributed by atoms with Crippen molar-refractivity contribution in [2.24, 2.45) is 16.7 Å². The fraction of sp³-hybridized carbons (Fsp3) is 0.444. The van der Waals surface area contributed by atoms with Crippen LogP contribution < -0.4 is 0 Å². The predicted molar refractivity (Wildman–Crippen MR) is 215 cm³/mol. The molecular formula is C45H57IrN2O2S-. The van der Waals surface area contributed by atoms with Crippen LogP contribution >= 0.6 is 11.3 Å². The van der Waals surface area contributed by atoms with Crippen LogP contribution in [-0.2, 0) is 36.7 Å². The number of rotatable bonds is 11. The van der Waals surface area contributed by atoms with Gasteiger partial charge < -0.3 is 5.11 Å². The van der Waals surface area contributed by atoms with Crippen LogP contribution in [0.15, 0.2) is 78.8 Å². The van der Waals surface area contributed by atoms with Gasteiger partial charge >= 0.3 is 0 Å². The van der Waals surface area contributed by atoms with Crippen molar-refractivity contribution >= 4 is 38.0 Å². The number of hydrogen-bond donors (Lipinski definition) is 1. The van der Waals surface area contributed by atoms with Crippen molar-refractivity contribution in [2.75, 3.05) is 0 Å². The second kappa shape index (κ2) is 17.6. The topological polar surface area (TPSA) is 63.1 Å². The molecule has 0 saturated heterocycles. The van der Waals surface area contributed by atoms with Crippen LogP contribution in [0.4, 0.5) is 0 Å². The maximum absolute atomic E-state index is 12.2. The SMILES string of the molecule is CC(C)Cc1ccc2sc(-c3cc(-c4[c-]c5ccccc5c(C(C)(C)C)c4)ncn3)cc2c1.CCC(C)(CC)C(=O)/C=C(\O)C(C)(CC)CC.[Ir]. The van der Waals surface area contributed by atoms with Crippen LogP contribution in [-0.4, -0.2) is 20.9 Å². The number of ketones is 1. The number of aromatic nitrogens is 2. The van der Waals surface area contributed by atoms with E-state index in [-0.39, 0.29) is 47.9 Å². The van der Waals surface area contributed by atoms with Crippen LogP contribution in [0.3, 0.4) is 0 Å². The summed E-state index contributed by atoms with van der Waals surface area (Å²) in [6, 6.07) is 25.5. The van der Waals surface area contributed by atoms with Gasteiger partial charge in [0.2, 0.25) is 0 Å². The van der Waals surface area contributed by atoms with Gasteiger partial charge in [-0.2, -0.15) is 0 Å². The molecule has 6 heteroatoms. The Labute approximate surface area is 324 Å². The Balaban J connectivity index is 0.000000335. The molecule has 1 N–H and O–H groups in total.